The molecule has 2 atom stereocenters. The number of hydrogen-bond acceptors (Lipinski definition) is 8. The number of nitrogens with two attached hydrogens (primary N) is 1. The van der Waals surface area contributed by atoms with Gasteiger partial charge in [-0.3, -0.25) is 4.57 Å². The zero-order valence-electron chi connectivity index (χ0n) is 25.6. The molecule has 3 N–H and O–H groups in total. The molecule has 0 radical (unpaired) electrons. The maximum absolute atomic E-state index is 12.8. The first-order valence-electron chi connectivity index (χ1n) is 14.9. The van der Waals surface area contributed by atoms with E-state index in [-0.39, 0.29) is 24.1 Å². The summed E-state index contributed by atoms with van der Waals surface area (Å²) in [6.07, 6.45) is 10.8. The number of unbranched alkanes of at least 4 members (excludes halogenated alkanes) is 7. The van der Waals surface area contributed by atoms with Crippen molar-refractivity contribution in [1.29, 1.82) is 0 Å². The Bertz CT molecular complexity index is 1520. The summed E-state index contributed by atoms with van der Waals surface area (Å²) >= 11 is 1.79. The van der Waals surface area contributed by atoms with Crippen LogP contribution in [0.5, 0.6) is 0 Å². The van der Waals surface area contributed by atoms with Gasteiger partial charge in [-0.05, 0) is 62.0 Å². The zero-order chi connectivity index (χ0) is 33.7. The average Bonchev–Trinajstić information content (AvgIpc) is 3.38. The third kappa shape index (κ3) is 13.8. The molecule has 0 amide bonds. The second-order valence-electron chi connectivity index (χ2n) is 10.9. The van der Waals surface area contributed by atoms with Gasteiger partial charge in [-0.2, -0.15) is 11.8 Å². The van der Waals surface area contributed by atoms with Crippen molar-refractivity contribution < 1.29 is 38.1 Å². The van der Waals surface area contributed by atoms with Crippen LogP contribution in [0.15, 0.2) is 41.8 Å². The van der Waals surface area contributed by atoms with Crippen LogP contribution in [0.4, 0.5) is 25.2 Å². The lowest BCUT2D eigenvalue weighted by molar-refractivity contribution is 0.0718. The summed E-state index contributed by atoms with van der Waals surface area (Å²) < 4.78 is 88.6. The molecule has 46 heavy (non-hydrogen) atoms. The predicted molar refractivity (Wildman–Crippen MR) is 175 cm³/mol. The van der Waals surface area contributed by atoms with Crippen molar-refractivity contribution in [2.45, 2.75) is 82.3 Å². The minimum Gasteiger partial charge on any atom is -0.382 e. The van der Waals surface area contributed by atoms with Gasteiger partial charge in [-0.15, -0.1) is 0 Å². The van der Waals surface area contributed by atoms with Crippen molar-refractivity contribution in [1.82, 2.24) is 19.5 Å². The van der Waals surface area contributed by atoms with Crippen LogP contribution < -0.4 is 5.73 Å². The molecule has 9 nitrogen and oxygen atoms in total. The third-order valence-electron chi connectivity index (χ3n) is 6.75. The largest absolute Gasteiger partial charge is 0.382 e. The standard InChI is InChI=1S/C29H41F5N5O4PS2/c1-24(20-39-22-38-27-28(35)36-21-37-29(27)39)42-23-44(40,41)43-17-11-19-45-18-10-8-6-4-2-3-5-7-9-12-25-13-15-26(16-14-25)46(30,31,32,33)34/h13-16,21-22,24H,2-8,10-11,17-20,23H2,1H3,(H,40,41)(H2,35,36,37)/t24-/m1/s1. The highest BCUT2D eigenvalue weighted by Crippen LogP contribution is 3.02. The van der Waals surface area contributed by atoms with E-state index in [9.17, 15) is 28.9 Å². The Morgan fingerprint density at radius 3 is 2.33 bits per heavy atom. The second kappa shape index (κ2) is 16.1. The fourth-order valence-corrected chi connectivity index (χ4v) is 6.87. The fraction of sp³-hybridized carbons (Fsp3) is 0.552. The van der Waals surface area contributed by atoms with E-state index < -0.39 is 29.1 Å². The van der Waals surface area contributed by atoms with Crippen LogP contribution in [0.3, 0.4) is 0 Å². The van der Waals surface area contributed by atoms with Gasteiger partial charge in [0.1, 0.15) is 23.1 Å². The first kappa shape index (κ1) is 38.0. The first-order valence-corrected chi connectivity index (χ1v) is 19.8. The minimum absolute atomic E-state index is 0.176. The van der Waals surface area contributed by atoms with Crippen LogP contribution in [0.25, 0.3) is 11.2 Å². The van der Waals surface area contributed by atoms with Crippen molar-refractivity contribution in [2.24, 2.45) is 0 Å². The number of aromatic nitrogens is 4. The number of nitrogens with zero attached hydrogens (tertiary/aromatic N) is 4. The highest BCUT2D eigenvalue weighted by atomic mass is 32.5. The van der Waals surface area contributed by atoms with Gasteiger partial charge in [-0.1, -0.05) is 63.4 Å². The van der Waals surface area contributed by atoms with Crippen LogP contribution in [0.1, 0.15) is 70.3 Å². The second-order valence-corrected chi connectivity index (χ2v) is 16.3. The van der Waals surface area contributed by atoms with Gasteiger partial charge in [0, 0.05) is 12.0 Å². The Hall–Kier alpha value is -2.41. The molecule has 0 aliphatic heterocycles. The number of benzene rings is 1. The average molecular weight is 714 g/mol. The van der Waals surface area contributed by atoms with E-state index in [4.69, 9.17) is 15.0 Å². The molecule has 0 spiro atoms. The van der Waals surface area contributed by atoms with E-state index in [2.05, 4.69) is 26.8 Å². The van der Waals surface area contributed by atoms with E-state index in [1.807, 2.05) is 0 Å². The Kier molecular flexibility index (Phi) is 13.3. The molecule has 1 unspecified atom stereocenters. The molecule has 3 rings (SSSR count). The molecular formula is C29H41F5N5O4PS2. The minimum atomic E-state index is -9.64. The molecule has 0 aliphatic carbocycles. The lowest BCUT2D eigenvalue weighted by atomic mass is 10.1. The number of anilines is 1. The van der Waals surface area contributed by atoms with Gasteiger partial charge in [0.05, 0.1) is 25.6 Å². The molecular weight excluding hydrogens is 672 g/mol. The van der Waals surface area contributed by atoms with Gasteiger partial charge in [0.2, 0.25) is 0 Å². The summed E-state index contributed by atoms with van der Waals surface area (Å²) in [5.74, 6) is 7.73. The number of halogens is 5. The van der Waals surface area contributed by atoms with Crippen molar-refractivity contribution in [3.8, 4) is 11.8 Å². The van der Waals surface area contributed by atoms with E-state index in [1.165, 1.54) is 6.33 Å². The van der Waals surface area contributed by atoms with Crippen molar-refractivity contribution in [3.05, 3.63) is 42.5 Å². The van der Waals surface area contributed by atoms with Gasteiger partial charge >= 0.3 is 17.8 Å². The van der Waals surface area contributed by atoms with Gasteiger partial charge in [-0.25, -0.2) is 15.0 Å². The lowest BCUT2D eigenvalue weighted by Crippen LogP contribution is -2.17. The quantitative estimate of drug-likeness (QED) is 0.0511. The summed E-state index contributed by atoms with van der Waals surface area (Å²) in [4.78, 5) is 20.4. The normalized spacial score (nSPS) is 15.5. The molecule has 258 valence electrons. The van der Waals surface area contributed by atoms with Crippen LogP contribution in [-0.2, 0) is 20.4 Å². The molecule has 0 bridgehead atoms. The Morgan fingerprint density at radius 2 is 1.63 bits per heavy atom. The van der Waals surface area contributed by atoms with Crippen LogP contribution >= 0.6 is 29.6 Å². The Balaban J connectivity index is 1.13. The molecule has 0 aliphatic rings. The Morgan fingerprint density at radius 1 is 0.978 bits per heavy atom. The number of rotatable bonds is 20. The van der Waals surface area contributed by atoms with Crippen LogP contribution in [-0.4, -0.2) is 55.0 Å². The van der Waals surface area contributed by atoms with Crippen LogP contribution in [0.2, 0.25) is 0 Å². The summed E-state index contributed by atoms with van der Waals surface area (Å²) in [5, 5.41) is 0. The summed E-state index contributed by atoms with van der Waals surface area (Å²) in [6.45, 7) is 2.32. The summed E-state index contributed by atoms with van der Waals surface area (Å²) in [5.41, 5.74) is 7.12. The van der Waals surface area contributed by atoms with E-state index in [0.717, 1.165) is 68.6 Å². The highest BCUT2D eigenvalue weighted by molar-refractivity contribution is 8.45. The fourth-order valence-electron chi connectivity index (χ4n) is 4.35. The van der Waals surface area contributed by atoms with Gasteiger partial charge in [0.15, 0.2) is 11.5 Å². The lowest BCUT2D eigenvalue weighted by Gasteiger charge is -2.40. The van der Waals surface area contributed by atoms with Crippen molar-refractivity contribution in [3.63, 3.8) is 0 Å². The third-order valence-corrected chi connectivity index (χ3v) is 10.1. The topological polar surface area (TPSA) is 125 Å². The van der Waals surface area contributed by atoms with Crippen molar-refractivity contribution in [2.75, 3.05) is 30.2 Å². The molecule has 0 saturated carbocycles. The number of imidazole rings is 1. The molecule has 2 heterocycles. The molecule has 0 fully saturated rings. The maximum atomic E-state index is 12.8. The number of ether oxygens (including phenoxy) is 1. The van der Waals surface area contributed by atoms with Crippen molar-refractivity contribution >= 4 is 46.6 Å². The first-order chi connectivity index (χ1) is 21.5. The highest BCUT2D eigenvalue weighted by Gasteiger charge is 2.65. The SMILES string of the molecule is C[C@H](Cn1cnc2c(N)ncnc21)OCP(=O)(O)OCCCSCCCCCCCCCC#Cc1ccc(S(F)(F)(F)(F)F)cc1. The number of hydrogen-bond donors (Lipinski definition) is 2. The Labute approximate surface area is 270 Å². The predicted octanol–water partition coefficient (Wildman–Crippen LogP) is 8.93. The van der Waals surface area contributed by atoms with Crippen LogP contribution in [0, 0.1) is 11.8 Å². The molecule has 2 aromatic heterocycles. The monoisotopic (exact) mass is 713 g/mol. The van der Waals surface area contributed by atoms with Gasteiger partial charge in [0.25, 0.3) is 0 Å². The van der Waals surface area contributed by atoms with Gasteiger partial charge < -0.3 is 24.5 Å². The zero-order valence-corrected chi connectivity index (χ0v) is 28.2. The molecule has 0 saturated heterocycles. The van der Waals surface area contributed by atoms with E-state index >= 15 is 0 Å². The van der Waals surface area contributed by atoms with E-state index in [1.54, 1.807) is 29.6 Å². The molecule has 1 aromatic carbocycles. The van der Waals surface area contributed by atoms with E-state index in [0.29, 0.717) is 42.7 Å². The summed E-state index contributed by atoms with van der Waals surface area (Å²) in [7, 11) is -13.5. The summed E-state index contributed by atoms with van der Waals surface area (Å²) in [6, 6.07) is 2.71. The number of nitrogen functional groups attached to an aromatic ring is 1. The number of fused-ring (bicyclic) bond motifs is 1. The smallest absolute Gasteiger partial charge is 0.353 e. The maximum Gasteiger partial charge on any atom is 0.353 e. The molecule has 17 heteroatoms. The number of thioether (sulfide) groups is 1. The molecule has 3 aromatic rings.